The zero-order valence-corrected chi connectivity index (χ0v) is 17.8. The number of nitrogens with one attached hydrogen (secondary N) is 2. The first-order valence-corrected chi connectivity index (χ1v) is 10.7. The van der Waals surface area contributed by atoms with E-state index in [-0.39, 0.29) is 0 Å². The Morgan fingerprint density at radius 1 is 1.00 bits per heavy atom. The number of rotatable bonds is 6. The summed E-state index contributed by atoms with van der Waals surface area (Å²) in [7, 11) is 0. The van der Waals surface area contributed by atoms with Crippen LogP contribution in [-0.4, -0.2) is 46.5 Å². The summed E-state index contributed by atoms with van der Waals surface area (Å²) in [5.74, 6) is 3.24. The van der Waals surface area contributed by atoms with Crippen molar-refractivity contribution in [2.24, 2.45) is 0 Å². The molecule has 0 radical (unpaired) electrons. The summed E-state index contributed by atoms with van der Waals surface area (Å²) in [5.41, 5.74) is 4.84. The van der Waals surface area contributed by atoms with E-state index >= 15 is 0 Å². The lowest BCUT2D eigenvalue weighted by molar-refractivity contribution is 0.122. The SMILES string of the molecule is Cc1cc(C)cc(CSc2nc(Nc3cc(C)[nH]n3)cc(N3CCOCC3)n2)c1. The normalized spacial score (nSPS) is 14.2. The first-order valence-electron chi connectivity index (χ1n) is 9.76. The van der Waals surface area contributed by atoms with Gasteiger partial charge in [-0.25, -0.2) is 9.97 Å². The van der Waals surface area contributed by atoms with E-state index in [0.29, 0.717) is 0 Å². The molecule has 1 aliphatic rings. The molecule has 7 nitrogen and oxygen atoms in total. The van der Waals surface area contributed by atoms with Crippen LogP contribution in [0.3, 0.4) is 0 Å². The van der Waals surface area contributed by atoms with Gasteiger partial charge in [-0.1, -0.05) is 41.1 Å². The molecule has 3 aromatic rings. The molecule has 0 amide bonds. The average Bonchev–Trinajstić information content (AvgIpc) is 3.11. The van der Waals surface area contributed by atoms with Gasteiger partial charge in [0, 0.05) is 36.7 Å². The molecule has 2 N–H and O–H groups in total. The number of hydrogen-bond acceptors (Lipinski definition) is 7. The molecule has 8 heteroatoms. The smallest absolute Gasteiger partial charge is 0.191 e. The van der Waals surface area contributed by atoms with Crippen LogP contribution in [0.5, 0.6) is 0 Å². The molecule has 1 aliphatic heterocycles. The van der Waals surface area contributed by atoms with Crippen molar-refractivity contribution in [3.8, 4) is 0 Å². The number of aryl methyl sites for hydroxylation is 3. The maximum Gasteiger partial charge on any atom is 0.191 e. The minimum atomic E-state index is 0.719. The Morgan fingerprint density at radius 3 is 2.45 bits per heavy atom. The Hall–Kier alpha value is -2.58. The van der Waals surface area contributed by atoms with Gasteiger partial charge in [-0.3, -0.25) is 5.10 Å². The molecule has 4 rings (SSSR count). The lowest BCUT2D eigenvalue weighted by Crippen LogP contribution is -2.36. The second kappa shape index (κ2) is 8.84. The second-order valence-corrected chi connectivity index (χ2v) is 8.28. The van der Waals surface area contributed by atoms with Crippen molar-refractivity contribution in [3.63, 3.8) is 0 Å². The number of thioether (sulfide) groups is 1. The molecule has 0 spiro atoms. The largest absolute Gasteiger partial charge is 0.378 e. The van der Waals surface area contributed by atoms with E-state index in [1.807, 2.05) is 19.1 Å². The number of anilines is 3. The van der Waals surface area contributed by atoms with Gasteiger partial charge < -0.3 is 15.0 Å². The van der Waals surface area contributed by atoms with Crippen molar-refractivity contribution in [1.29, 1.82) is 0 Å². The predicted octanol–water partition coefficient (Wildman–Crippen LogP) is 4.00. The highest BCUT2D eigenvalue weighted by Gasteiger charge is 2.16. The Labute approximate surface area is 175 Å². The van der Waals surface area contributed by atoms with Gasteiger partial charge in [-0.15, -0.1) is 0 Å². The maximum absolute atomic E-state index is 5.49. The van der Waals surface area contributed by atoms with Crippen LogP contribution in [0.1, 0.15) is 22.4 Å². The molecule has 0 bridgehead atoms. The first-order chi connectivity index (χ1) is 14.0. The number of hydrogen-bond donors (Lipinski definition) is 2. The van der Waals surface area contributed by atoms with E-state index < -0.39 is 0 Å². The highest BCUT2D eigenvalue weighted by Crippen LogP contribution is 2.27. The summed E-state index contributed by atoms with van der Waals surface area (Å²) in [4.78, 5) is 11.8. The van der Waals surface area contributed by atoms with Crippen LogP contribution in [0.15, 0.2) is 35.5 Å². The monoisotopic (exact) mass is 410 g/mol. The fourth-order valence-electron chi connectivity index (χ4n) is 3.41. The van der Waals surface area contributed by atoms with Crippen molar-refractivity contribution >= 4 is 29.2 Å². The van der Waals surface area contributed by atoms with Gasteiger partial charge in [0.2, 0.25) is 0 Å². The minimum Gasteiger partial charge on any atom is -0.378 e. The number of ether oxygens (including phenoxy) is 1. The molecule has 1 fully saturated rings. The summed E-state index contributed by atoms with van der Waals surface area (Å²) in [6, 6.07) is 10.6. The number of aromatic nitrogens is 4. The van der Waals surface area contributed by atoms with Crippen molar-refractivity contribution in [2.75, 3.05) is 36.5 Å². The number of nitrogens with zero attached hydrogens (tertiary/aromatic N) is 4. The van der Waals surface area contributed by atoms with Gasteiger partial charge in [0.15, 0.2) is 11.0 Å². The van der Waals surface area contributed by atoms with Crippen LogP contribution in [0, 0.1) is 20.8 Å². The zero-order chi connectivity index (χ0) is 20.2. The van der Waals surface area contributed by atoms with Gasteiger partial charge in [0.1, 0.15) is 11.6 Å². The van der Waals surface area contributed by atoms with Crippen LogP contribution in [0.25, 0.3) is 0 Å². The van der Waals surface area contributed by atoms with E-state index in [1.54, 1.807) is 11.8 Å². The zero-order valence-electron chi connectivity index (χ0n) is 17.0. The lowest BCUT2D eigenvalue weighted by Gasteiger charge is -2.28. The molecule has 1 saturated heterocycles. The molecule has 2 aromatic heterocycles. The highest BCUT2D eigenvalue weighted by atomic mass is 32.2. The Bertz CT molecular complexity index is 963. The number of aromatic amines is 1. The van der Waals surface area contributed by atoms with Crippen molar-refractivity contribution in [2.45, 2.75) is 31.7 Å². The summed E-state index contributed by atoms with van der Waals surface area (Å²) >= 11 is 1.65. The van der Waals surface area contributed by atoms with Gasteiger partial charge >= 0.3 is 0 Å². The third-order valence-corrected chi connectivity index (χ3v) is 5.56. The molecular formula is C21H26N6OS. The van der Waals surface area contributed by atoms with Crippen molar-refractivity contribution in [3.05, 3.63) is 52.7 Å². The standard InChI is InChI=1S/C21H26N6OS/c1-14-8-15(2)10-17(9-14)13-29-21-23-18(22-19-11-16(3)25-26-19)12-20(24-21)27-4-6-28-7-5-27/h8-12H,4-7,13H2,1-3H3,(H2,22,23,24,25,26). The van der Waals surface area contributed by atoms with E-state index in [1.165, 1.54) is 16.7 Å². The topological polar surface area (TPSA) is 79.0 Å². The summed E-state index contributed by atoms with van der Waals surface area (Å²) in [6.07, 6.45) is 0. The molecule has 0 unspecified atom stereocenters. The van der Waals surface area contributed by atoms with E-state index in [9.17, 15) is 0 Å². The quantitative estimate of drug-likeness (QED) is 0.470. The fourth-order valence-corrected chi connectivity index (χ4v) is 4.19. The third kappa shape index (κ3) is 5.27. The van der Waals surface area contributed by atoms with E-state index in [4.69, 9.17) is 14.7 Å². The summed E-state index contributed by atoms with van der Waals surface area (Å²) in [5, 5.41) is 11.3. The summed E-state index contributed by atoms with van der Waals surface area (Å²) in [6.45, 7) is 9.34. The van der Waals surface area contributed by atoms with Crippen LogP contribution in [-0.2, 0) is 10.5 Å². The van der Waals surface area contributed by atoms with Crippen molar-refractivity contribution in [1.82, 2.24) is 20.2 Å². The molecule has 152 valence electrons. The van der Waals surface area contributed by atoms with Gasteiger partial charge in [0.05, 0.1) is 13.2 Å². The molecule has 0 aliphatic carbocycles. The van der Waals surface area contributed by atoms with Gasteiger partial charge in [-0.2, -0.15) is 5.10 Å². The van der Waals surface area contributed by atoms with Crippen LogP contribution in [0.4, 0.5) is 17.5 Å². The number of morpholine rings is 1. The summed E-state index contributed by atoms with van der Waals surface area (Å²) < 4.78 is 5.49. The molecule has 29 heavy (non-hydrogen) atoms. The predicted molar refractivity (Wildman–Crippen MR) is 117 cm³/mol. The Morgan fingerprint density at radius 2 is 1.76 bits per heavy atom. The van der Waals surface area contributed by atoms with Crippen LogP contribution < -0.4 is 10.2 Å². The molecule has 0 saturated carbocycles. The number of H-pyrrole nitrogens is 1. The fraction of sp³-hybridized carbons (Fsp3) is 0.381. The molecule has 0 atom stereocenters. The second-order valence-electron chi connectivity index (χ2n) is 7.34. The number of benzene rings is 1. The molecular weight excluding hydrogens is 384 g/mol. The molecule has 3 heterocycles. The Balaban J connectivity index is 1.57. The Kier molecular flexibility index (Phi) is 6.01. The average molecular weight is 411 g/mol. The maximum atomic E-state index is 5.49. The third-order valence-electron chi connectivity index (χ3n) is 4.64. The highest BCUT2D eigenvalue weighted by molar-refractivity contribution is 7.98. The van der Waals surface area contributed by atoms with E-state index in [0.717, 1.165) is 60.4 Å². The minimum absolute atomic E-state index is 0.719. The van der Waals surface area contributed by atoms with Gasteiger partial charge in [0.25, 0.3) is 0 Å². The van der Waals surface area contributed by atoms with Crippen LogP contribution in [0.2, 0.25) is 0 Å². The lowest BCUT2D eigenvalue weighted by atomic mass is 10.1. The van der Waals surface area contributed by atoms with Crippen molar-refractivity contribution < 1.29 is 4.74 Å². The first kappa shape index (κ1) is 19.7. The van der Waals surface area contributed by atoms with Gasteiger partial charge in [-0.05, 0) is 26.3 Å². The van der Waals surface area contributed by atoms with Crippen LogP contribution >= 0.6 is 11.8 Å². The molecule has 1 aromatic carbocycles. The van der Waals surface area contributed by atoms with E-state index in [2.05, 4.69) is 52.5 Å².